The van der Waals surface area contributed by atoms with E-state index >= 15 is 0 Å². The summed E-state index contributed by atoms with van der Waals surface area (Å²) in [7, 11) is 0. The van der Waals surface area contributed by atoms with Crippen LogP contribution < -0.4 is 5.32 Å². The van der Waals surface area contributed by atoms with Crippen LogP contribution in [-0.4, -0.2) is 26.4 Å². The number of fused-ring (bicyclic) bond motifs is 1. The fourth-order valence-electron chi connectivity index (χ4n) is 3.01. The molecule has 1 heterocycles. The van der Waals surface area contributed by atoms with Gasteiger partial charge >= 0.3 is 12.4 Å². The second-order valence-corrected chi connectivity index (χ2v) is 7.17. The van der Waals surface area contributed by atoms with Crippen molar-refractivity contribution in [3.05, 3.63) is 59.3 Å². The Morgan fingerprint density at radius 3 is 2.38 bits per heavy atom. The predicted molar refractivity (Wildman–Crippen MR) is 100 cm³/mol. The number of carbonyl (C=O) groups excluding carboxylic acids is 1. The van der Waals surface area contributed by atoms with Crippen LogP contribution in [0.2, 0.25) is 0 Å². The first-order valence-electron chi connectivity index (χ1n) is 8.91. The third-order valence-electron chi connectivity index (χ3n) is 4.55. The highest BCUT2D eigenvalue weighted by molar-refractivity contribution is 5.97. The average Bonchev–Trinajstić information content (AvgIpc) is 3.07. The molecule has 0 spiro atoms. The van der Waals surface area contributed by atoms with E-state index in [1.807, 2.05) is 0 Å². The van der Waals surface area contributed by atoms with Crippen LogP contribution in [0.15, 0.2) is 42.6 Å². The number of nitrogens with zero attached hydrogens (tertiary/aromatic N) is 3. The molecule has 0 unspecified atom stereocenters. The topological polar surface area (TPSA) is 90.9 Å². The molecule has 1 amide bonds. The van der Waals surface area contributed by atoms with Crippen molar-refractivity contribution < 1.29 is 36.2 Å². The molecule has 12 heteroatoms. The quantitative estimate of drug-likeness (QED) is 0.572. The molecule has 168 valence electrons. The molecule has 0 saturated heterocycles. The standard InChI is InChI=1S/C20H14F6N4O2/c1-18(32,10-30-9-12-3-2-4-14(16(12)29-30)19(21,22)23)17(31)28-13-6-5-11(8-27)15(7-13)20(24,25)26/h2-7,9,32H,10H2,1H3,(H,28,31)/t18-/m0/s1. The summed E-state index contributed by atoms with van der Waals surface area (Å²) in [5.74, 6) is -1.12. The Kier molecular flexibility index (Phi) is 5.65. The highest BCUT2D eigenvalue weighted by Crippen LogP contribution is 2.35. The number of anilines is 1. The third kappa shape index (κ3) is 4.67. The number of alkyl halides is 6. The predicted octanol–water partition coefficient (Wildman–Crippen LogP) is 4.34. The molecule has 1 aromatic heterocycles. The Morgan fingerprint density at radius 1 is 1.12 bits per heavy atom. The number of hydrogen-bond acceptors (Lipinski definition) is 4. The number of hydrogen-bond donors (Lipinski definition) is 2. The normalized spacial score (nSPS) is 14.1. The van der Waals surface area contributed by atoms with E-state index in [-0.39, 0.29) is 16.6 Å². The number of benzene rings is 2. The fourth-order valence-corrected chi connectivity index (χ4v) is 3.01. The maximum absolute atomic E-state index is 13.1. The van der Waals surface area contributed by atoms with Gasteiger partial charge in [-0.1, -0.05) is 12.1 Å². The fraction of sp³-hybridized carbons (Fsp3) is 0.250. The van der Waals surface area contributed by atoms with Gasteiger partial charge in [0.25, 0.3) is 5.91 Å². The minimum absolute atomic E-state index is 0.123. The highest BCUT2D eigenvalue weighted by atomic mass is 19.4. The first kappa shape index (κ1) is 23.1. The maximum atomic E-state index is 13.1. The van der Waals surface area contributed by atoms with Crippen molar-refractivity contribution in [2.24, 2.45) is 0 Å². The molecule has 3 rings (SSSR count). The molecule has 0 bridgehead atoms. The van der Waals surface area contributed by atoms with Gasteiger partial charge in [0, 0.05) is 17.3 Å². The Balaban J connectivity index is 1.85. The van der Waals surface area contributed by atoms with Crippen molar-refractivity contribution >= 4 is 22.5 Å². The molecule has 6 nitrogen and oxygen atoms in total. The molecular weight excluding hydrogens is 442 g/mol. The number of amides is 1. The summed E-state index contributed by atoms with van der Waals surface area (Å²) in [6.45, 7) is 0.459. The lowest BCUT2D eigenvalue weighted by molar-refractivity contribution is -0.138. The van der Waals surface area contributed by atoms with E-state index in [2.05, 4.69) is 10.4 Å². The lowest BCUT2D eigenvalue weighted by atomic mass is 10.0. The Bertz CT molecular complexity index is 1220. The summed E-state index contributed by atoms with van der Waals surface area (Å²) in [6, 6.07) is 7.27. The van der Waals surface area contributed by atoms with Crippen LogP contribution in [0, 0.1) is 11.3 Å². The largest absolute Gasteiger partial charge is 0.418 e. The van der Waals surface area contributed by atoms with Gasteiger partial charge in [-0.15, -0.1) is 0 Å². The van der Waals surface area contributed by atoms with Gasteiger partial charge in [0.2, 0.25) is 0 Å². The zero-order valence-corrected chi connectivity index (χ0v) is 16.2. The van der Waals surface area contributed by atoms with Gasteiger partial charge in [-0.3, -0.25) is 9.48 Å². The number of halogens is 6. The molecule has 1 atom stereocenters. The smallest absolute Gasteiger partial charge is 0.378 e. The first-order chi connectivity index (χ1) is 14.7. The summed E-state index contributed by atoms with van der Waals surface area (Å²) < 4.78 is 79.6. The van der Waals surface area contributed by atoms with Crippen molar-refractivity contribution in [1.29, 1.82) is 5.26 Å². The van der Waals surface area contributed by atoms with E-state index in [1.54, 1.807) is 0 Å². The van der Waals surface area contributed by atoms with Crippen LogP contribution in [0.5, 0.6) is 0 Å². The van der Waals surface area contributed by atoms with Crippen LogP contribution in [0.1, 0.15) is 23.6 Å². The van der Waals surface area contributed by atoms with Crippen LogP contribution in [0.3, 0.4) is 0 Å². The SMILES string of the molecule is C[C@](O)(Cn1cc2cccc(C(F)(F)F)c2n1)C(=O)Nc1ccc(C#N)c(C(F)(F)F)c1. The molecule has 3 aromatic rings. The van der Waals surface area contributed by atoms with Gasteiger partial charge in [0.1, 0.15) is 5.52 Å². The van der Waals surface area contributed by atoms with E-state index in [0.29, 0.717) is 6.07 Å². The lowest BCUT2D eigenvalue weighted by Crippen LogP contribution is -2.43. The Morgan fingerprint density at radius 2 is 1.78 bits per heavy atom. The zero-order valence-electron chi connectivity index (χ0n) is 16.2. The Labute approximate surface area is 176 Å². The van der Waals surface area contributed by atoms with Crippen LogP contribution in [-0.2, 0) is 23.7 Å². The third-order valence-corrected chi connectivity index (χ3v) is 4.55. The molecule has 0 aliphatic carbocycles. The number of nitriles is 1. The van der Waals surface area contributed by atoms with E-state index < -0.39 is 47.1 Å². The monoisotopic (exact) mass is 456 g/mol. The minimum Gasteiger partial charge on any atom is -0.378 e. The molecule has 32 heavy (non-hydrogen) atoms. The minimum atomic E-state index is -4.85. The number of aliphatic hydroxyl groups is 1. The molecule has 0 aliphatic heterocycles. The number of rotatable bonds is 4. The summed E-state index contributed by atoms with van der Waals surface area (Å²) in [4.78, 5) is 12.5. The average molecular weight is 456 g/mol. The molecule has 2 aromatic carbocycles. The Hall–Kier alpha value is -3.59. The van der Waals surface area contributed by atoms with Gasteiger partial charge in [0.05, 0.1) is 29.3 Å². The summed E-state index contributed by atoms with van der Waals surface area (Å²) in [6.07, 6.45) is -8.31. The molecule has 2 N–H and O–H groups in total. The molecule has 0 aliphatic rings. The van der Waals surface area contributed by atoms with E-state index in [9.17, 15) is 36.2 Å². The van der Waals surface area contributed by atoms with Crippen molar-refractivity contribution in [2.75, 3.05) is 5.32 Å². The molecule has 0 fully saturated rings. The van der Waals surface area contributed by atoms with Gasteiger partial charge in [-0.2, -0.15) is 36.7 Å². The van der Waals surface area contributed by atoms with E-state index in [4.69, 9.17) is 5.26 Å². The second kappa shape index (κ2) is 7.83. The van der Waals surface area contributed by atoms with Crippen molar-refractivity contribution in [1.82, 2.24) is 9.78 Å². The summed E-state index contributed by atoms with van der Waals surface area (Å²) in [5, 5.41) is 25.4. The zero-order chi connectivity index (χ0) is 23.9. The van der Waals surface area contributed by atoms with Gasteiger partial charge in [-0.25, -0.2) is 0 Å². The van der Waals surface area contributed by atoms with Gasteiger partial charge in [0.15, 0.2) is 5.60 Å². The number of aromatic nitrogens is 2. The van der Waals surface area contributed by atoms with Gasteiger partial charge < -0.3 is 10.4 Å². The number of carbonyl (C=O) groups is 1. The highest BCUT2D eigenvalue weighted by Gasteiger charge is 2.36. The second-order valence-electron chi connectivity index (χ2n) is 7.17. The lowest BCUT2D eigenvalue weighted by Gasteiger charge is -2.22. The molecular formula is C20H14F6N4O2. The summed E-state index contributed by atoms with van der Waals surface area (Å²) in [5.41, 5.74) is -5.85. The molecule has 0 saturated carbocycles. The van der Waals surface area contributed by atoms with Crippen LogP contribution >= 0.6 is 0 Å². The van der Waals surface area contributed by atoms with Crippen molar-refractivity contribution in [3.8, 4) is 6.07 Å². The van der Waals surface area contributed by atoms with Gasteiger partial charge in [-0.05, 0) is 31.2 Å². The summed E-state index contributed by atoms with van der Waals surface area (Å²) >= 11 is 0. The first-order valence-corrected chi connectivity index (χ1v) is 8.91. The van der Waals surface area contributed by atoms with E-state index in [0.717, 1.165) is 29.8 Å². The van der Waals surface area contributed by atoms with Crippen LogP contribution in [0.25, 0.3) is 10.9 Å². The van der Waals surface area contributed by atoms with Crippen molar-refractivity contribution in [3.63, 3.8) is 0 Å². The maximum Gasteiger partial charge on any atom is 0.418 e. The van der Waals surface area contributed by atoms with Crippen LogP contribution in [0.4, 0.5) is 32.0 Å². The number of nitrogens with one attached hydrogen (secondary N) is 1. The molecule has 0 radical (unpaired) electrons. The van der Waals surface area contributed by atoms with Crippen molar-refractivity contribution in [2.45, 2.75) is 31.4 Å². The van der Waals surface area contributed by atoms with E-state index in [1.165, 1.54) is 24.4 Å².